The molecule has 1 atom stereocenters. The molecule has 1 aliphatic rings. The first-order valence-electron chi connectivity index (χ1n) is 8.09. The number of hydrogen-bond acceptors (Lipinski definition) is 2. The van der Waals surface area contributed by atoms with Crippen LogP contribution in [0.5, 0.6) is 0 Å². The standard InChI is InChI=1S/C19H18Cl2N2O2/c20-15-7-6-14(16(21)10-15)11-22-19(25)17-8-9-18(24)23(17)12-13-4-2-1-3-5-13/h1-7,10,17H,8-9,11-12H2,(H,22,25). The molecule has 2 aromatic carbocycles. The van der Waals surface area contributed by atoms with Crippen LogP contribution in [0.1, 0.15) is 24.0 Å². The molecule has 2 amide bonds. The van der Waals surface area contributed by atoms with E-state index in [1.807, 2.05) is 30.3 Å². The number of hydrogen-bond donors (Lipinski definition) is 1. The Morgan fingerprint density at radius 3 is 2.64 bits per heavy atom. The second-order valence-electron chi connectivity index (χ2n) is 6.02. The fourth-order valence-electron chi connectivity index (χ4n) is 2.95. The highest BCUT2D eigenvalue weighted by Crippen LogP contribution is 2.23. The van der Waals surface area contributed by atoms with Gasteiger partial charge in [-0.2, -0.15) is 0 Å². The van der Waals surface area contributed by atoms with Crippen LogP contribution >= 0.6 is 23.2 Å². The van der Waals surface area contributed by atoms with Gasteiger partial charge >= 0.3 is 0 Å². The molecule has 25 heavy (non-hydrogen) atoms. The van der Waals surface area contributed by atoms with Gasteiger partial charge < -0.3 is 10.2 Å². The Kier molecular flexibility index (Phi) is 5.61. The fourth-order valence-corrected chi connectivity index (χ4v) is 3.43. The summed E-state index contributed by atoms with van der Waals surface area (Å²) >= 11 is 12.0. The maximum atomic E-state index is 12.6. The first-order chi connectivity index (χ1) is 12.0. The van der Waals surface area contributed by atoms with E-state index in [1.165, 1.54) is 0 Å². The van der Waals surface area contributed by atoms with Gasteiger partial charge in [-0.1, -0.05) is 59.6 Å². The van der Waals surface area contributed by atoms with E-state index in [4.69, 9.17) is 23.2 Å². The third-order valence-electron chi connectivity index (χ3n) is 4.29. The largest absolute Gasteiger partial charge is 0.350 e. The highest BCUT2D eigenvalue weighted by atomic mass is 35.5. The van der Waals surface area contributed by atoms with Crippen molar-refractivity contribution in [1.29, 1.82) is 0 Å². The third-order valence-corrected chi connectivity index (χ3v) is 4.88. The van der Waals surface area contributed by atoms with E-state index in [0.717, 1.165) is 11.1 Å². The predicted molar refractivity (Wildman–Crippen MR) is 98.3 cm³/mol. The van der Waals surface area contributed by atoms with Crippen LogP contribution < -0.4 is 5.32 Å². The van der Waals surface area contributed by atoms with E-state index in [0.29, 0.717) is 36.0 Å². The number of nitrogens with zero attached hydrogens (tertiary/aromatic N) is 1. The van der Waals surface area contributed by atoms with Crippen molar-refractivity contribution < 1.29 is 9.59 Å². The number of halogens is 2. The van der Waals surface area contributed by atoms with Gasteiger partial charge in [-0.25, -0.2) is 0 Å². The predicted octanol–water partition coefficient (Wildman–Crippen LogP) is 3.80. The summed E-state index contributed by atoms with van der Waals surface area (Å²) < 4.78 is 0. The van der Waals surface area contributed by atoms with Crippen molar-refractivity contribution in [2.75, 3.05) is 0 Å². The lowest BCUT2D eigenvalue weighted by molar-refractivity contribution is -0.135. The van der Waals surface area contributed by atoms with E-state index in [2.05, 4.69) is 5.32 Å². The minimum absolute atomic E-state index is 0.00790. The highest BCUT2D eigenvalue weighted by Gasteiger charge is 2.35. The summed E-state index contributed by atoms with van der Waals surface area (Å²) in [6.45, 7) is 0.748. The molecule has 0 aromatic heterocycles. The summed E-state index contributed by atoms with van der Waals surface area (Å²) in [5, 5.41) is 3.94. The maximum Gasteiger partial charge on any atom is 0.243 e. The van der Waals surface area contributed by atoms with Crippen molar-refractivity contribution in [3.63, 3.8) is 0 Å². The van der Waals surface area contributed by atoms with Crippen LogP contribution in [0.15, 0.2) is 48.5 Å². The summed E-state index contributed by atoms with van der Waals surface area (Å²) in [6, 6.07) is 14.4. The molecule has 6 heteroatoms. The molecule has 1 aliphatic heterocycles. The van der Waals surface area contributed by atoms with Crippen LogP contribution in [-0.4, -0.2) is 22.8 Å². The Hall–Kier alpha value is -2.04. The number of rotatable bonds is 5. The molecule has 2 aromatic rings. The van der Waals surface area contributed by atoms with Gasteiger partial charge in [0.2, 0.25) is 11.8 Å². The first kappa shape index (κ1) is 17.8. The van der Waals surface area contributed by atoms with Crippen LogP contribution in [0.4, 0.5) is 0 Å². The Bertz CT molecular complexity index is 780. The Morgan fingerprint density at radius 2 is 1.92 bits per heavy atom. The average molecular weight is 377 g/mol. The van der Waals surface area contributed by atoms with Crippen molar-refractivity contribution >= 4 is 35.0 Å². The SMILES string of the molecule is O=C(NCc1ccc(Cl)cc1Cl)C1CCC(=O)N1Cc1ccccc1. The minimum atomic E-state index is -0.446. The molecule has 0 bridgehead atoms. The van der Waals surface area contributed by atoms with Gasteiger partial charge in [0.15, 0.2) is 0 Å². The maximum absolute atomic E-state index is 12.6. The zero-order valence-corrected chi connectivity index (χ0v) is 15.1. The van der Waals surface area contributed by atoms with Crippen LogP contribution in [0.25, 0.3) is 0 Å². The van der Waals surface area contributed by atoms with Crippen molar-refractivity contribution in [3.05, 3.63) is 69.7 Å². The molecule has 3 rings (SSSR count). The smallest absolute Gasteiger partial charge is 0.243 e. The monoisotopic (exact) mass is 376 g/mol. The lowest BCUT2D eigenvalue weighted by Gasteiger charge is -2.24. The molecule has 130 valence electrons. The van der Waals surface area contributed by atoms with E-state index in [9.17, 15) is 9.59 Å². The Morgan fingerprint density at radius 1 is 1.16 bits per heavy atom. The number of carbonyl (C=O) groups is 2. The summed E-state index contributed by atoms with van der Waals surface area (Å²) in [7, 11) is 0. The molecular weight excluding hydrogens is 359 g/mol. The molecule has 0 radical (unpaired) electrons. The van der Waals surface area contributed by atoms with Crippen molar-refractivity contribution in [1.82, 2.24) is 10.2 Å². The molecule has 0 aliphatic carbocycles. The van der Waals surface area contributed by atoms with E-state index < -0.39 is 6.04 Å². The summed E-state index contributed by atoms with van der Waals surface area (Å²) in [6.07, 6.45) is 0.929. The summed E-state index contributed by atoms with van der Waals surface area (Å²) in [5.74, 6) is -0.152. The molecular formula is C19H18Cl2N2O2. The summed E-state index contributed by atoms with van der Waals surface area (Å²) in [4.78, 5) is 26.4. The van der Waals surface area contributed by atoms with Crippen molar-refractivity contribution in [2.45, 2.75) is 32.0 Å². The van der Waals surface area contributed by atoms with Gasteiger partial charge in [0.25, 0.3) is 0 Å². The second kappa shape index (κ2) is 7.89. The lowest BCUT2D eigenvalue weighted by Crippen LogP contribution is -2.44. The van der Waals surface area contributed by atoms with Gasteiger partial charge in [-0.3, -0.25) is 9.59 Å². The zero-order valence-electron chi connectivity index (χ0n) is 13.5. The van der Waals surface area contributed by atoms with Gasteiger partial charge in [0.1, 0.15) is 6.04 Å². The first-order valence-corrected chi connectivity index (χ1v) is 8.85. The van der Waals surface area contributed by atoms with Crippen molar-refractivity contribution in [2.24, 2.45) is 0 Å². The molecule has 1 unspecified atom stereocenters. The zero-order chi connectivity index (χ0) is 17.8. The van der Waals surface area contributed by atoms with Crippen LogP contribution in [-0.2, 0) is 22.7 Å². The number of amides is 2. The van der Waals surface area contributed by atoms with Crippen LogP contribution in [0, 0.1) is 0 Å². The molecule has 4 nitrogen and oxygen atoms in total. The molecule has 1 heterocycles. The second-order valence-corrected chi connectivity index (χ2v) is 6.86. The van der Waals surface area contributed by atoms with Gasteiger partial charge in [0, 0.05) is 29.6 Å². The number of carbonyl (C=O) groups excluding carboxylic acids is 2. The number of benzene rings is 2. The topological polar surface area (TPSA) is 49.4 Å². The molecule has 1 saturated heterocycles. The quantitative estimate of drug-likeness (QED) is 0.862. The van der Waals surface area contributed by atoms with Gasteiger partial charge in [-0.05, 0) is 29.7 Å². The Balaban J connectivity index is 1.64. The summed E-state index contributed by atoms with van der Waals surface area (Å²) in [5.41, 5.74) is 1.80. The molecule has 0 saturated carbocycles. The number of likely N-dealkylation sites (tertiary alicyclic amines) is 1. The fraction of sp³-hybridized carbons (Fsp3) is 0.263. The van der Waals surface area contributed by atoms with Crippen LogP contribution in [0.3, 0.4) is 0 Å². The van der Waals surface area contributed by atoms with E-state index in [1.54, 1.807) is 23.1 Å². The minimum Gasteiger partial charge on any atom is -0.350 e. The molecule has 0 spiro atoms. The third kappa shape index (κ3) is 4.33. The average Bonchev–Trinajstić information content (AvgIpc) is 2.96. The lowest BCUT2D eigenvalue weighted by atomic mass is 10.1. The van der Waals surface area contributed by atoms with Gasteiger partial charge in [-0.15, -0.1) is 0 Å². The van der Waals surface area contributed by atoms with E-state index in [-0.39, 0.29) is 11.8 Å². The van der Waals surface area contributed by atoms with Gasteiger partial charge in [0.05, 0.1) is 0 Å². The van der Waals surface area contributed by atoms with Crippen molar-refractivity contribution in [3.8, 4) is 0 Å². The Labute approximate surface area is 156 Å². The molecule has 1 N–H and O–H groups in total. The highest BCUT2D eigenvalue weighted by molar-refractivity contribution is 6.35. The molecule has 1 fully saturated rings. The normalized spacial score (nSPS) is 17.0. The number of nitrogens with one attached hydrogen (secondary N) is 1. The van der Waals surface area contributed by atoms with Crippen LogP contribution in [0.2, 0.25) is 10.0 Å². The van der Waals surface area contributed by atoms with E-state index >= 15 is 0 Å².